The topological polar surface area (TPSA) is 121 Å². The van der Waals surface area contributed by atoms with Crippen molar-refractivity contribution in [2.45, 2.75) is 37.2 Å². The van der Waals surface area contributed by atoms with Crippen molar-refractivity contribution >= 4 is 44.6 Å². The number of fused-ring (bicyclic) bond motifs is 1. The number of carbonyl (C=O) groups is 2. The van der Waals surface area contributed by atoms with Gasteiger partial charge in [-0.15, -0.1) is 0 Å². The number of amides is 2. The Morgan fingerprint density at radius 3 is 2.55 bits per heavy atom. The molecule has 0 bridgehead atoms. The van der Waals surface area contributed by atoms with Gasteiger partial charge in [-0.05, 0) is 37.5 Å². The lowest BCUT2D eigenvalue weighted by Gasteiger charge is -2.31. The van der Waals surface area contributed by atoms with Gasteiger partial charge in [0, 0.05) is 25.6 Å². The highest BCUT2D eigenvalue weighted by Crippen LogP contribution is 2.28. The number of hydrogen-bond donors (Lipinski definition) is 2. The number of benzene rings is 2. The Morgan fingerprint density at radius 2 is 1.82 bits per heavy atom. The summed E-state index contributed by atoms with van der Waals surface area (Å²) < 4.78 is 35.9. The van der Waals surface area contributed by atoms with Crippen molar-refractivity contribution in [3.63, 3.8) is 0 Å². The molecule has 174 valence electrons. The lowest BCUT2D eigenvalue weighted by molar-refractivity contribution is -0.131. The SMILES string of the molecule is C[C@H](NC(=O)C1CCN(S(=O)(=O)c2cccc3nsnc23)CC1)C(=O)NCc1ccccc1. The molecule has 1 fully saturated rings. The van der Waals surface area contributed by atoms with E-state index in [2.05, 4.69) is 19.4 Å². The minimum atomic E-state index is -3.74. The first-order valence-corrected chi connectivity index (χ1v) is 12.9. The van der Waals surface area contributed by atoms with Gasteiger partial charge in [0.1, 0.15) is 22.0 Å². The van der Waals surface area contributed by atoms with E-state index in [0.29, 0.717) is 30.4 Å². The van der Waals surface area contributed by atoms with Gasteiger partial charge < -0.3 is 10.6 Å². The fourth-order valence-corrected chi connectivity index (χ4v) is 6.04. The van der Waals surface area contributed by atoms with Crippen LogP contribution in [0.1, 0.15) is 25.3 Å². The molecule has 0 saturated carbocycles. The Balaban J connectivity index is 1.30. The van der Waals surface area contributed by atoms with Crippen LogP contribution in [0.15, 0.2) is 53.4 Å². The summed E-state index contributed by atoms with van der Waals surface area (Å²) in [4.78, 5) is 25.2. The van der Waals surface area contributed by atoms with Crippen LogP contribution in [0.4, 0.5) is 0 Å². The molecule has 2 aromatic carbocycles. The fraction of sp³-hybridized carbons (Fsp3) is 0.364. The molecule has 9 nitrogen and oxygen atoms in total. The Hall–Kier alpha value is -2.89. The molecule has 4 rings (SSSR count). The third-order valence-electron chi connectivity index (χ3n) is 5.75. The molecule has 11 heteroatoms. The quantitative estimate of drug-likeness (QED) is 0.525. The van der Waals surface area contributed by atoms with Gasteiger partial charge in [-0.3, -0.25) is 9.59 Å². The van der Waals surface area contributed by atoms with E-state index in [1.807, 2.05) is 30.3 Å². The molecule has 2 heterocycles. The number of nitrogens with one attached hydrogen (secondary N) is 2. The van der Waals surface area contributed by atoms with Gasteiger partial charge in [-0.25, -0.2) is 8.42 Å². The number of rotatable bonds is 7. The van der Waals surface area contributed by atoms with Crippen molar-refractivity contribution in [2.75, 3.05) is 13.1 Å². The number of nitrogens with zero attached hydrogens (tertiary/aromatic N) is 3. The summed E-state index contributed by atoms with van der Waals surface area (Å²) >= 11 is 0.976. The van der Waals surface area contributed by atoms with E-state index in [9.17, 15) is 18.0 Å². The van der Waals surface area contributed by atoms with Gasteiger partial charge in [0.05, 0.1) is 11.7 Å². The maximum absolute atomic E-state index is 13.1. The van der Waals surface area contributed by atoms with E-state index in [1.54, 1.807) is 19.1 Å². The molecule has 0 aliphatic carbocycles. The van der Waals surface area contributed by atoms with Crippen LogP contribution in [-0.4, -0.2) is 52.4 Å². The third-order valence-corrected chi connectivity index (χ3v) is 8.23. The molecule has 0 spiro atoms. The molecule has 2 amide bonds. The smallest absolute Gasteiger partial charge is 0.245 e. The second-order valence-electron chi connectivity index (χ2n) is 8.00. The van der Waals surface area contributed by atoms with E-state index in [1.165, 1.54) is 10.4 Å². The average Bonchev–Trinajstić information content (AvgIpc) is 3.32. The summed E-state index contributed by atoms with van der Waals surface area (Å²) in [5.74, 6) is -0.852. The highest BCUT2D eigenvalue weighted by molar-refractivity contribution is 7.89. The Labute approximate surface area is 196 Å². The minimum Gasteiger partial charge on any atom is -0.350 e. The van der Waals surface area contributed by atoms with Gasteiger partial charge in [-0.1, -0.05) is 36.4 Å². The van der Waals surface area contributed by atoms with Crippen molar-refractivity contribution in [3.05, 3.63) is 54.1 Å². The molecule has 2 N–H and O–H groups in total. The standard InChI is InChI=1S/C22H25N5O4S2/c1-15(21(28)23-14-16-6-3-2-4-7-16)24-22(29)17-10-12-27(13-11-17)33(30,31)19-9-5-8-18-20(19)26-32-25-18/h2-9,15,17H,10-14H2,1H3,(H,23,28)(H,24,29)/t15-/m0/s1. The molecule has 1 saturated heterocycles. The minimum absolute atomic E-state index is 0.139. The second-order valence-corrected chi connectivity index (χ2v) is 10.4. The van der Waals surface area contributed by atoms with Crippen LogP contribution in [0.2, 0.25) is 0 Å². The summed E-state index contributed by atoms with van der Waals surface area (Å²) in [6.07, 6.45) is 0.767. The van der Waals surface area contributed by atoms with Gasteiger partial charge in [-0.2, -0.15) is 13.1 Å². The predicted octanol–water partition coefficient (Wildman–Crippen LogP) is 1.91. The molecule has 1 aromatic heterocycles. The maximum atomic E-state index is 13.1. The molecule has 33 heavy (non-hydrogen) atoms. The largest absolute Gasteiger partial charge is 0.350 e. The fourth-order valence-electron chi connectivity index (χ4n) is 3.82. The average molecular weight is 488 g/mol. The van der Waals surface area contributed by atoms with Crippen LogP contribution in [0.25, 0.3) is 11.0 Å². The Bertz CT molecular complexity index is 1240. The van der Waals surface area contributed by atoms with E-state index in [-0.39, 0.29) is 35.7 Å². The summed E-state index contributed by atoms with van der Waals surface area (Å²) in [7, 11) is -3.74. The van der Waals surface area contributed by atoms with Crippen LogP contribution < -0.4 is 10.6 Å². The Kier molecular flexibility index (Phi) is 7.01. The van der Waals surface area contributed by atoms with E-state index < -0.39 is 16.1 Å². The molecule has 3 aromatic rings. The normalized spacial score (nSPS) is 16.4. The monoisotopic (exact) mass is 487 g/mol. The first kappa shape index (κ1) is 23.3. The summed E-state index contributed by atoms with van der Waals surface area (Å²) in [6.45, 7) is 2.48. The van der Waals surface area contributed by atoms with Crippen molar-refractivity contribution in [1.29, 1.82) is 0 Å². The Morgan fingerprint density at radius 1 is 1.09 bits per heavy atom. The number of carbonyl (C=O) groups excluding carboxylic acids is 2. The molecule has 0 radical (unpaired) electrons. The molecular weight excluding hydrogens is 462 g/mol. The zero-order valence-electron chi connectivity index (χ0n) is 18.1. The van der Waals surface area contributed by atoms with Crippen molar-refractivity contribution in [2.24, 2.45) is 5.92 Å². The second kappa shape index (κ2) is 9.94. The van der Waals surface area contributed by atoms with Crippen molar-refractivity contribution < 1.29 is 18.0 Å². The van der Waals surface area contributed by atoms with Crippen LogP contribution in [0, 0.1) is 5.92 Å². The summed E-state index contributed by atoms with van der Waals surface area (Å²) in [5, 5.41) is 5.57. The molecule has 1 atom stereocenters. The van der Waals surface area contributed by atoms with Gasteiger partial charge in [0.15, 0.2) is 0 Å². The molecular formula is C22H25N5O4S2. The zero-order valence-corrected chi connectivity index (χ0v) is 19.7. The number of piperidine rings is 1. The maximum Gasteiger partial charge on any atom is 0.245 e. The highest BCUT2D eigenvalue weighted by Gasteiger charge is 2.34. The van der Waals surface area contributed by atoms with Crippen molar-refractivity contribution in [1.82, 2.24) is 23.7 Å². The van der Waals surface area contributed by atoms with Gasteiger partial charge in [0.25, 0.3) is 0 Å². The zero-order chi connectivity index (χ0) is 23.4. The first-order valence-electron chi connectivity index (χ1n) is 10.7. The van der Waals surface area contributed by atoms with E-state index >= 15 is 0 Å². The molecule has 1 aliphatic heterocycles. The lowest BCUT2D eigenvalue weighted by Crippen LogP contribution is -2.49. The first-order chi connectivity index (χ1) is 15.9. The molecule has 0 unspecified atom stereocenters. The molecule has 1 aliphatic rings. The van der Waals surface area contributed by atoms with Crippen LogP contribution in [0.5, 0.6) is 0 Å². The lowest BCUT2D eigenvalue weighted by atomic mass is 9.97. The number of hydrogen-bond acceptors (Lipinski definition) is 7. The predicted molar refractivity (Wildman–Crippen MR) is 125 cm³/mol. The summed E-state index contributed by atoms with van der Waals surface area (Å²) in [6, 6.07) is 13.8. The van der Waals surface area contributed by atoms with E-state index in [0.717, 1.165) is 17.3 Å². The summed E-state index contributed by atoms with van der Waals surface area (Å²) in [5.41, 5.74) is 1.90. The van der Waals surface area contributed by atoms with Crippen LogP contribution >= 0.6 is 11.7 Å². The van der Waals surface area contributed by atoms with E-state index in [4.69, 9.17) is 0 Å². The highest BCUT2D eigenvalue weighted by atomic mass is 32.2. The van der Waals surface area contributed by atoms with Crippen LogP contribution in [0.3, 0.4) is 0 Å². The van der Waals surface area contributed by atoms with Crippen LogP contribution in [-0.2, 0) is 26.2 Å². The third kappa shape index (κ3) is 5.21. The number of aromatic nitrogens is 2. The van der Waals surface area contributed by atoms with Gasteiger partial charge >= 0.3 is 0 Å². The number of sulfonamides is 1. The van der Waals surface area contributed by atoms with Gasteiger partial charge in [0.2, 0.25) is 21.8 Å². The van der Waals surface area contributed by atoms with Crippen molar-refractivity contribution in [3.8, 4) is 0 Å².